The number of carbonyl (C=O) groups is 3. The Morgan fingerprint density at radius 1 is 1.07 bits per heavy atom. The Morgan fingerprint density at radius 2 is 1.85 bits per heavy atom. The van der Waals surface area contributed by atoms with Gasteiger partial charge in [-0.3, -0.25) is 19.3 Å². The molecule has 1 heterocycles. The number of rotatable bonds is 4. The van der Waals surface area contributed by atoms with Crippen LogP contribution >= 0.6 is 11.8 Å². The number of hydrogen-bond acceptors (Lipinski definition) is 4. The average molecular weight is 382 g/mol. The van der Waals surface area contributed by atoms with Crippen molar-refractivity contribution in [2.45, 2.75) is 44.2 Å². The highest BCUT2D eigenvalue weighted by Gasteiger charge is 2.41. The monoisotopic (exact) mass is 382 g/mol. The van der Waals surface area contributed by atoms with Crippen LogP contribution in [-0.2, 0) is 16.0 Å². The van der Waals surface area contributed by atoms with E-state index >= 15 is 0 Å². The smallest absolute Gasteiger partial charge is 0.289 e. The van der Waals surface area contributed by atoms with Crippen LogP contribution in [0.25, 0.3) is 10.8 Å². The van der Waals surface area contributed by atoms with Crippen LogP contribution in [0.2, 0.25) is 0 Å². The summed E-state index contributed by atoms with van der Waals surface area (Å²) in [7, 11) is 0. The van der Waals surface area contributed by atoms with E-state index in [1.165, 1.54) is 4.90 Å². The van der Waals surface area contributed by atoms with E-state index in [0.29, 0.717) is 6.42 Å². The van der Waals surface area contributed by atoms with Gasteiger partial charge in [0.1, 0.15) is 0 Å². The summed E-state index contributed by atoms with van der Waals surface area (Å²) in [6.45, 7) is 0. The molecule has 5 nitrogen and oxygen atoms in total. The molecule has 0 bridgehead atoms. The van der Waals surface area contributed by atoms with Gasteiger partial charge in [0.25, 0.3) is 5.24 Å². The van der Waals surface area contributed by atoms with Crippen molar-refractivity contribution in [1.29, 1.82) is 0 Å². The number of carbonyl (C=O) groups excluding carboxylic acids is 3. The summed E-state index contributed by atoms with van der Waals surface area (Å²) in [5, 5.41) is 5.12. The highest BCUT2D eigenvalue weighted by Crippen LogP contribution is 2.30. The summed E-state index contributed by atoms with van der Waals surface area (Å²) < 4.78 is 0. The van der Waals surface area contributed by atoms with E-state index in [0.717, 1.165) is 53.8 Å². The van der Waals surface area contributed by atoms with E-state index in [9.17, 15) is 14.4 Å². The normalized spacial score (nSPS) is 23.0. The third-order valence-corrected chi connectivity index (χ3v) is 6.26. The molecule has 2 fully saturated rings. The second kappa shape index (κ2) is 7.72. The Bertz CT molecular complexity index is 877. The van der Waals surface area contributed by atoms with Crippen LogP contribution in [0.5, 0.6) is 0 Å². The zero-order valence-electron chi connectivity index (χ0n) is 15.0. The molecule has 2 aromatic carbocycles. The van der Waals surface area contributed by atoms with Gasteiger partial charge in [0.15, 0.2) is 0 Å². The molecular weight excluding hydrogens is 360 g/mol. The predicted molar refractivity (Wildman–Crippen MR) is 107 cm³/mol. The van der Waals surface area contributed by atoms with Crippen molar-refractivity contribution >= 4 is 39.6 Å². The van der Waals surface area contributed by atoms with Gasteiger partial charge in [-0.05, 0) is 29.2 Å². The Hall–Kier alpha value is -2.34. The fourth-order valence-corrected chi connectivity index (χ4v) is 4.91. The van der Waals surface area contributed by atoms with Gasteiger partial charge in [0.2, 0.25) is 11.8 Å². The van der Waals surface area contributed by atoms with Gasteiger partial charge >= 0.3 is 0 Å². The van der Waals surface area contributed by atoms with Gasteiger partial charge in [-0.25, -0.2) is 0 Å². The standard InChI is InChI=1S/C21H22N2O3S/c24-19(12-15-8-5-7-14-6-1-2-9-16(14)15)22-17-10-3-4-11-18(17)23-20(25)13-27-21(23)26/h1-2,5-9,17-18H,3-4,10-13H2,(H,22,24). The zero-order valence-corrected chi connectivity index (χ0v) is 15.8. The zero-order chi connectivity index (χ0) is 18.8. The van der Waals surface area contributed by atoms with Gasteiger partial charge in [-0.2, -0.15) is 0 Å². The van der Waals surface area contributed by atoms with Crippen LogP contribution in [0.1, 0.15) is 31.2 Å². The number of hydrogen-bond donors (Lipinski definition) is 1. The van der Waals surface area contributed by atoms with E-state index in [-0.39, 0.29) is 34.9 Å². The van der Waals surface area contributed by atoms with Gasteiger partial charge in [0, 0.05) is 6.04 Å². The third kappa shape index (κ3) is 3.72. The first-order valence-corrected chi connectivity index (χ1v) is 10.4. The summed E-state index contributed by atoms with van der Waals surface area (Å²) in [6, 6.07) is 13.6. The van der Waals surface area contributed by atoms with Crippen LogP contribution < -0.4 is 5.32 Å². The molecule has 0 radical (unpaired) electrons. The van der Waals surface area contributed by atoms with Crippen molar-refractivity contribution in [2.24, 2.45) is 0 Å². The molecular formula is C21H22N2O3S. The number of amides is 3. The highest BCUT2D eigenvalue weighted by molar-refractivity contribution is 8.14. The quantitative estimate of drug-likeness (QED) is 0.879. The van der Waals surface area contributed by atoms with Crippen molar-refractivity contribution in [3.05, 3.63) is 48.0 Å². The van der Waals surface area contributed by atoms with E-state index < -0.39 is 0 Å². The lowest BCUT2D eigenvalue weighted by Gasteiger charge is -2.36. The number of nitrogens with zero attached hydrogens (tertiary/aromatic N) is 1. The lowest BCUT2D eigenvalue weighted by atomic mass is 9.89. The topological polar surface area (TPSA) is 66.5 Å². The van der Waals surface area contributed by atoms with Crippen LogP contribution in [0, 0.1) is 0 Å². The minimum atomic E-state index is -0.217. The fraction of sp³-hybridized carbons (Fsp3) is 0.381. The minimum Gasteiger partial charge on any atom is -0.351 e. The van der Waals surface area contributed by atoms with Crippen LogP contribution in [0.4, 0.5) is 4.79 Å². The first kappa shape index (κ1) is 18.0. The molecule has 2 atom stereocenters. The third-order valence-electron chi connectivity index (χ3n) is 5.42. The number of fused-ring (bicyclic) bond motifs is 1. The van der Waals surface area contributed by atoms with Crippen molar-refractivity contribution < 1.29 is 14.4 Å². The van der Waals surface area contributed by atoms with Crippen molar-refractivity contribution in [3.63, 3.8) is 0 Å². The van der Waals surface area contributed by atoms with Crippen molar-refractivity contribution in [3.8, 4) is 0 Å². The summed E-state index contributed by atoms with van der Waals surface area (Å²) in [6.07, 6.45) is 3.83. The molecule has 27 heavy (non-hydrogen) atoms. The van der Waals surface area contributed by atoms with Crippen molar-refractivity contribution in [1.82, 2.24) is 10.2 Å². The number of imide groups is 1. The number of nitrogens with one attached hydrogen (secondary N) is 1. The van der Waals surface area contributed by atoms with Gasteiger partial charge < -0.3 is 5.32 Å². The van der Waals surface area contributed by atoms with Gasteiger partial charge in [-0.1, -0.05) is 67.1 Å². The summed E-state index contributed by atoms with van der Waals surface area (Å²) in [5.41, 5.74) is 0.988. The lowest BCUT2D eigenvalue weighted by Crippen LogP contribution is -2.55. The average Bonchev–Trinajstić information content (AvgIpc) is 3.01. The van der Waals surface area contributed by atoms with E-state index in [1.807, 2.05) is 42.5 Å². The molecule has 3 amide bonds. The van der Waals surface area contributed by atoms with E-state index in [1.54, 1.807) is 0 Å². The molecule has 6 heteroatoms. The number of thioether (sulfide) groups is 1. The second-order valence-corrected chi connectivity index (χ2v) is 8.09. The van der Waals surface area contributed by atoms with Crippen molar-refractivity contribution in [2.75, 3.05) is 5.75 Å². The predicted octanol–water partition coefficient (Wildman–Crippen LogP) is 3.51. The Morgan fingerprint density at radius 3 is 2.67 bits per heavy atom. The molecule has 2 aliphatic rings. The van der Waals surface area contributed by atoms with Crippen LogP contribution in [-0.4, -0.2) is 39.8 Å². The molecule has 2 unspecified atom stereocenters. The van der Waals surface area contributed by atoms with Gasteiger partial charge in [0.05, 0.1) is 18.2 Å². The Kier molecular flexibility index (Phi) is 5.16. The fourth-order valence-electron chi connectivity index (χ4n) is 4.15. The second-order valence-electron chi connectivity index (χ2n) is 7.16. The minimum absolute atomic E-state index is 0.0602. The molecule has 140 valence electrons. The first-order valence-electron chi connectivity index (χ1n) is 9.38. The number of benzene rings is 2. The maximum absolute atomic E-state index is 12.7. The molecule has 0 spiro atoms. The SMILES string of the molecule is O=C(Cc1cccc2ccccc12)NC1CCCCC1N1C(=O)CSC1=O. The lowest BCUT2D eigenvalue weighted by molar-refractivity contribution is -0.129. The van der Waals surface area contributed by atoms with E-state index in [2.05, 4.69) is 5.32 Å². The molecule has 1 aliphatic carbocycles. The Labute approximate surface area is 162 Å². The molecule has 0 aromatic heterocycles. The molecule has 1 saturated heterocycles. The molecule has 1 N–H and O–H groups in total. The van der Waals surface area contributed by atoms with E-state index in [4.69, 9.17) is 0 Å². The first-order chi connectivity index (χ1) is 13.1. The summed E-state index contributed by atoms with van der Waals surface area (Å²) in [5.74, 6) is 0.0200. The summed E-state index contributed by atoms with van der Waals surface area (Å²) >= 11 is 1.06. The van der Waals surface area contributed by atoms with Gasteiger partial charge in [-0.15, -0.1) is 0 Å². The molecule has 2 aromatic rings. The highest BCUT2D eigenvalue weighted by atomic mass is 32.2. The largest absolute Gasteiger partial charge is 0.351 e. The maximum Gasteiger partial charge on any atom is 0.289 e. The maximum atomic E-state index is 12.7. The molecule has 1 saturated carbocycles. The summed E-state index contributed by atoms with van der Waals surface area (Å²) in [4.78, 5) is 38.4. The van der Waals surface area contributed by atoms with Crippen LogP contribution in [0.3, 0.4) is 0 Å². The Balaban J connectivity index is 1.49. The molecule has 4 rings (SSSR count). The van der Waals surface area contributed by atoms with Crippen LogP contribution in [0.15, 0.2) is 42.5 Å². The molecule has 1 aliphatic heterocycles.